The highest BCUT2D eigenvalue weighted by molar-refractivity contribution is 9.10. The zero-order chi connectivity index (χ0) is 11.4. The molecule has 1 saturated carbocycles. The van der Waals surface area contributed by atoms with E-state index < -0.39 is 0 Å². The fourth-order valence-corrected chi connectivity index (χ4v) is 2.66. The Bertz CT molecular complexity index is 344. The molecule has 0 heterocycles. The molecule has 1 aliphatic carbocycles. The summed E-state index contributed by atoms with van der Waals surface area (Å²) in [6, 6.07) is 6.55. The van der Waals surface area contributed by atoms with E-state index in [1.165, 1.54) is 38.5 Å². The molecule has 2 rings (SSSR count). The molecule has 3 N–H and O–H groups in total. The number of halogens is 1. The van der Waals surface area contributed by atoms with Crippen LogP contribution in [0.1, 0.15) is 38.5 Å². The largest absolute Gasteiger partial charge is 0.399 e. The third-order valence-corrected chi connectivity index (χ3v) is 3.90. The number of hydrogen-bond donors (Lipinski definition) is 2. The zero-order valence-electron chi connectivity index (χ0n) is 9.51. The zero-order valence-corrected chi connectivity index (χ0v) is 11.1. The van der Waals surface area contributed by atoms with Crippen LogP contribution < -0.4 is 11.1 Å². The van der Waals surface area contributed by atoms with Gasteiger partial charge in [0.05, 0.1) is 5.69 Å². The minimum Gasteiger partial charge on any atom is -0.399 e. The average Bonchev–Trinajstić information content (AvgIpc) is 2.52. The number of rotatable bonds is 2. The Hall–Kier alpha value is -0.700. The van der Waals surface area contributed by atoms with Gasteiger partial charge < -0.3 is 11.1 Å². The van der Waals surface area contributed by atoms with Gasteiger partial charge in [-0.15, -0.1) is 0 Å². The molecule has 0 bridgehead atoms. The van der Waals surface area contributed by atoms with E-state index in [2.05, 4.69) is 21.2 Å². The molecule has 2 nitrogen and oxygen atoms in total. The maximum absolute atomic E-state index is 5.80. The van der Waals surface area contributed by atoms with Crippen LogP contribution in [0.25, 0.3) is 0 Å². The molecule has 0 spiro atoms. The Morgan fingerprint density at radius 3 is 2.50 bits per heavy atom. The monoisotopic (exact) mass is 282 g/mol. The minimum atomic E-state index is 0.612. The molecule has 1 aromatic rings. The van der Waals surface area contributed by atoms with E-state index in [4.69, 9.17) is 5.73 Å². The highest BCUT2D eigenvalue weighted by atomic mass is 79.9. The second-order valence-electron chi connectivity index (χ2n) is 4.57. The summed E-state index contributed by atoms with van der Waals surface area (Å²) in [7, 11) is 0. The van der Waals surface area contributed by atoms with Crippen molar-refractivity contribution in [2.75, 3.05) is 11.1 Å². The van der Waals surface area contributed by atoms with Crippen molar-refractivity contribution in [2.24, 2.45) is 0 Å². The van der Waals surface area contributed by atoms with Crippen LogP contribution in [0.3, 0.4) is 0 Å². The quantitative estimate of drug-likeness (QED) is 0.631. The van der Waals surface area contributed by atoms with E-state index in [-0.39, 0.29) is 0 Å². The van der Waals surface area contributed by atoms with Gasteiger partial charge in [0, 0.05) is 16.2 Å². The summed E-state index contributed by atoms with van der Waals surface area (Å²) in [5.74, 6) is 0. The summed E-state index contributed by atoms with van der Waals surface area (Å²) < 4.78 is 1.10. The first-order valence-corrected chi connectivity index (χ1v) is 6.86. The fourth-order valence-electron chi connectivity index (χ4n) is 2.30. The molecular weight excluding hydrogens is 264 g/mol. The van der Waals surface area contributed by atoms with Crippen molar-refractivity contribution in [2.45, 2.75) is 44.6 Å². The summed E-state index contributed by atoms with van der Waals surface area (Å²) >= 11 is 3.56. The third kappa shape index (κ3) is 3.14. The maximum Gasteiger partial charge on any atom is 0.0507 e. The molecule has 0 radical (unpaired) electrons. The summed E-state index contributed by atoms with van der Waals surface area (Å²) in [5.41, 5.74) is 7.75. The van der Waals surface area contributed by atoms with Crippen LogP contribution in [0.2, 0.25) is 0 Å². The first kappa shape index (κ1) is 11.8. The van der Waals surface area contributed by atoms with E-state index in [0.29, 0.717) is 6.04 Å². The van der Waals surface area contributed by atoms with Gasteiger partial charge in [0.15, 0.2) is 0 Å². The Labute approximate surface area is 106 Å². The molecule has 88 valence electrons. The van der Waals surface area contributed by atoms with Gasteiger partial charge >= 0.3 is 0 Å². The van der Waals surface area contributed by atoms with Crippen LogP contribution in [-0.4, -0.2) is 6.04 Å². The highest BCUT2D eigenvalue weighted by Crippen LogP contribution is 2.28. The summed E-state index contributed by atoms with van der Waals surface area (Å²) in [6.07, 6.45) is 8.02. The lowest BCUT2D eigenvalue weighted by Crippen LogP contribution is -2.18. The van der Waals surface area contributed by atoms with E-state index in [0.717, 1.165) is 15.8 Å². The van der Waals surface area contributed by atoms with Crippen LogP contribution in [0.4, 0.5) is 11.4 Å². The number of anilines is 2. The Balaban J connectivity index is 2.04. The van der Waals surface area contributed by atoms with E-state index in [1.54, 1.807) is 0 Å². The van der Waals surface area contributed by atoms with Crippen LogP contribution in [0.15, 0.2) is 22.7 Å². The molecule has 0 aliphatic heterocycles. The SMILES string of the molecule is Nc1ccc(Br)c(NC2CCCCCC2)c1. The molecule has 0 atom stereocenters. The van der Waals surface area contributed by atoms with Crippen LogP contribution in [0, 0.1) is 0 Å². The topological polar surface area (TPSA) is 38.0 Å². The Kier molecular flexibility index (Phi) is 4.10. The van der Waals surface area contributed by atoms with E-state index in [1.807, 2.05) is 18.2 Å². The van der Waals surface area contributed by atoms with Gasteiger partial charge in [-0.25, -0.2) is 0 Å². The molecule has 1 aliphatic rings. The molecule has 16 heavy (non-hydrogen) atoms. The molecule has 0 amide bonds. The molecular formula is C13H19BrN2. The molecule has 0 aromatic heterocycles. The standard InChI is InChI=1S/C13H19BrN2/c14-12-8-7-10(15)9-13(12)16-11-5-3-1-2-4-6-11/h7-9,11,16H,1-6,15H2. The van der Waals surface area contributed by atoms with Gasteiger partial charge in [0.1, 0.15) is 0 Å². The molecule has 3 heteroatoms. The normalized spacial score (nSPS) is 18.1. The number of benzene rings is 1. The minimum absolute atomic E-state index is 0.612. The van der Waals surface area contributed by atoms with Crippen molar-refractivity contribution in [3.63, 3.8) is 0 Å². The smallest absolute Gasteiger partial charge is 0.0507 e. The van der Waals surface area contributed by atoms with Crippen molar-refractivity contribution >= 4 is 27.3 Å². The van der Waals surface area contributed by atoms with Gasteiger partial charge in [-0.1, -0.05) is 25.7 Å². The second kappa shape index (κ2) is 5.58. The lowest BCUT2D eigenvalue weighted by Gasteiger charge is -2.19. The average molecular weight is 283 g/mol. The number of nitrogens with one attached hydrogen (secondary N) is 1. The number of nitrogens with two attached hydrogens (primary N) is 1. The number of nitrogen functional groups attached to an aromatic ring is 1. The van der Waals surface area contributed by atoms with E-state index >= 15 is 0 Å². The lowest BCUT2D eigenvalue weighted by molar-refractivity contribution is 0.620. The summed E-state index contributed by atoms with van der Waals surface area (Å²) in [6.45, 7) is 0. The third-order valence-electron chi connectivity index (χ3n) is 3.21. The van der Waals surface area contributed by atoms with Crippen molar-refractivity contribution < 1.29 is 0 Å². The van der Waals surface area contributed by atoms with Gasteiger partial charge in [-0.3, -0.25) is 0 Å². The predicted octanol–water partition coefficient (Wildman–Crippen LogP) is 4.17. The lowest BCUT2D eigenvalue weighted by atomic mass is 10.1. The molecule has 1 fully saturated rings. The van der Waals surface area contributed by atoms with E-state index in [9.17, 15) is 0 Å². The van der Waals surface area contributed by atoms with Gasteiger partial charge in [0.2, 0.25) is 0 Å². The molecule has 0 unspecified atom stereocenters. The number of hydrogen-bond acceptors (Lipinski definition) is 2. The Morgan fingerprint density at radius 1 is 1.12 bits per heavy atom. The molecule has 1 aromatic carbocycles. The fraction of sp³-hybridized carbons (Fsp3) is 0.538. The van der Waals surface area contributed by atoms with Crippen molar-refractivity contribution in [1.29, 1.82) is 0 Å². The summed E-state index contributed by atoms with van der Waals surface area (Å²) in [5, 5.41) is 3.60. The van der Waals surface area contributed by atoms with Crippen molar-refractivity contribution in [3.05, 3.63) is 22.7 Å². The Morgan fingerprint density at radius 2 is 1.81 bits per heavy atom. The highest BCUT2D eigenvalue weighted by Gasteiger charge is 2.12. The van der Waals surface area contributed by atoms with Gasteiger partial charge in [-0.05, 0) is 47.0 Å². The van der Waals surface area contributed by atoms with Crippen LogP contribution in [0.5, 0.6) is 0 Å². The molecule has 0 saturated heterocycles. The van der Waals surface area contributed by atoms with Gasteiger partial charge in [-0.2, -0.15) is 0 Å². The first-order valence-electron chi connectivity index (χ1n) is 6.07. The van der Waals surface area contributed by atoms with Crippen LogP contribution >= 0.6 is 15.9 Å². The second-order valence-corrected chi connectivity index (χ2v) is 5.43. The maximum atomic E-state index is 5.80. The van der Waals surface area contributed by atoms with Crippen LogP contribution in [-0.2, 0) is 0 Å². The van der Waals surface area contributed by atoms with Crippen molar-refractivity contribution in [1.82, 2.24) is 0 Å². The first-order chi connectivity index (χ1) is 7.75. The predicted molar refractivity (Wildman–Crippen MR) is 73.7 cm³/mol. The van der Waals surface area contributed by atoms with Crippen molar-refractivity contribution in [3.8, 4) is 0 Å². The van der Waals surface area contributed by atoms with Gasteiger partial charge in [0.25, 0.3) is 0 Å². The summed E-state index contributed by atoms with van der Waals surface area (Å²) in [4.78, 5) is 0.